The third-order valence-corrected chi connectivity index (χ3v) is 30.3. The predicted molar refractivity (Wildman–Crippen MR) is 574 cm³/mol. The van der Waals surface area contributed by atoms with Gasteiger partial charge in [0.2, 0.25) is 0 Å². The molecule has 2 unspecified atom stereocenters. The Morgan fingerprint density at radius 3 is 0.920 bits per heavy atom. The third kappa shape index (κ3) is 12.6. The molecule has 644 valence electrons. The molecule has 0 spiro atoms. The van der Waals surface area contributed by atoms with E-state index in [9.17, 15) is 0 Å². The van der Waals surface area contributed by atoms with Gasteiger partial charge >= 0.3 is 0 Å². The Morgan fingerprint density at radius 2 is 0.471 bits per heavy atom. The van der Waals surface area contributed by atoms with E-state index in [1.165, 1.54) is 233 Å². The molecule has 0 bridgehead atoms. The van der Waals surface area contributed by atoms with Crippen LogP contribution in [0.5, 0.6) is 0 Å². The highest BCUT2D eigenvalue weighted by Gasteiger charge is 2.50. The number of benzene rings is 22. The maximum atomic E-state index is 2.51. The summed E-state index contributed by atoms with van der Waals surface area (Å²) in [6.07, 6.45) is 0. The molecule has 2 heterocycles. The minimum absolute atomic E-state index is 0.162. The minimum atomic E-state index is -0.569. The number of fused-ring (bicyclic) bond motifs is 20. The number of nitrogens with zero attached hydrogens (tertiary/aromatic N) is 2. The van der Waals surface area contributed by atoms with Crippen molar-refractivity contribution in [2.45, 2.75) is 22.7 Å². The fraction of sp³-hybridized carbons (Fsp3) is 0.0294. The lowest BCUT2D eigenvalue weighted by Gasteiger charge is -2.34. The lowest BCUT2D eigenvalue weighted by molar-refractivity contribution is 0.769. The van der Waals surface area contributed by atoms with Gasteiger partial charge in [-0.25, -0.2) is 0 Å². The lowest BCUT2D eigenvalue weighted by atomic mass is 9.67. The number of hydrogen-bond acceptors (Lipinski definition) is 0. The second-order valence-corrected chi connectivity index (χ2v) is 37.4. The van der Waals surface area contributed by atoms with E-state index < -0.39 is 10.8 Å². The van der Waals surface area contributed by atoms with E-state index >= 15 is 0 Å². The van der Waals surface area contributed by atoms with Crippen LogP contribution in [-0.2, 0) is 10.8 Å². The molecule has 4 aliphatic rings. The first-order valence-electron chi connectivity index (χ1n) is 48.2. The summed E-state index contributed by atoms with van der Waals surface area (Å²) in [5.41, 5.74) is 49.4. The van der Waals surface area contributed by atoms with Crippen molar-refractivity contribution in [1.82, 2.24) is 9.13 Å². The summed E-state index contributed by atoms with van der Waals surface area (Å²) in [5.74, 6) is 0.329. The van der Waals surface area contributed by atoms with Crippen molar-refractivity contribution in [2.75, 3.05) is 0 Å². The lowest BCUT2D eigenvalue weighted by Crippen LogP contribution is -2.28. The Balaban J connectivity index is 0.000000139. The Labute approximate surface area is 804 Å². The Morgan fingerprint density at radius 1 is 0.167 bits per heavy atom. The van der Waals surface area contributed by atoms with Gasteiger partial charge in [0.15, 0.2) is 0 Å². The molecule has 4 aliphatic carbocycles. The molecule has 0 saturated heterocycles. The Bertz CT molecular complexity index is 8800. The third-order valence-electron chi connectivity index (χ3n) is 30.3. The molecule has 22 aromatic carbocycles. The molecule has 28 rings (SSSR count). The summed E-state index contributed by atoms with van der Waals surface area (Å²) < 4.78 is 5.01. The maximum Gasteiger partial charge on any atom is 0.0720 e. The zero-order chi connectivity index (χ0) is 90.9. The SMILES string of the molecule is c1ccc(-c2ccc(C3c4ccccc4-c4cc(-c5ccc6c(c5)c5c7c(ccc5n6-c5cccc(-c6ccccc6)c5)-c5ccccc5C7(c5ccccc5)c5ccccc5)ccc43)cc2)cc1.c1ccc(-c2ccc(C3c4ccccc4-c4cc(-c5ccc6c(c5)c5c7c(ccc5n6-c5cccc(-c6ccccc6)c5)C(c5ccccc5)(c5ccccc5)c5ccccc5-7)ccc43)cc2)cc1. The fourth-order valence-corrected chi connectivity index (χ4v) is 24.4. The van der Waals surface area contributed by atoms with Gasteiger partial charge in [0, 0.05) is 44.8 Å². The molecule has 0 fully saturated rings. The van der Waals surface area contributed by atoms with E-state index in [0.717, 1.165) is 11.4 Å². The summed E-state index contributed by atoms with van der Waals surface area (Å²) in [6.45, 7) is 0. The molecule has 2 heteroatoms. The fourth-order valence-electron chi connectivity index (χ4n) is 24.4. The molecule has 138 heavy (non-hydrogen) atoms. The normalized spacial score (nSPS) is 14.1. The second-order valence-electron chi connectivity index (χ2n) is 37.4. The van der Waals surface area contributed by atoms with Gasteiger partial charge in [0.1, 0.15) is 0 Å². The van der Waals surface area contributed by atoms with Gasteiger partial charge in [-0.15, -0.1) is 0 Å². The van der Waals surface area contributed by atoms with Gasteiger partial charge < -0.3 is 9.13 Å². The topological polar surface area (TPSA) is 9.86 Å². The molecular formula is C136H90N2. The standard InChI is InChI=1S/2C68H45N/c1-5-18-45(19-6-1)47-32-34-48(35-33-47)65-57-30-14-13-28-55(57)60-43-50(36-38-58(60)65)51-37-40-63-61(44-51)66-64(69(63)54-27-17-22-49(42-54)46-20-7-2-8-21-46)41-39-59-56-29-15-16-31-62(56)68(67(59)66,52-23-9-3-10-24-52)53-25-11-4-12-26-53;1-5-18-45(19-6-1)47-32-34-48(35-33-47)65-56-29-14-13-28-55(56)59-43-50(36-38-57(59)65)51-37-40-63-60(44-51)67-64(69(63)54-27-17-22-49(42-54)46-20-7-2-8-21-46)41-39-62-66(67)58-30-15-16-31-61(58)68(62,52-23-9-3-10-24-52)53-25-11-4-12-26-53/h2*1-44,65H. The minimum Gasteiger partial charge on any atom is -0.309 e. The van der Waals surface area contributed by atoms with Gasteiger partial charge in [-0.1, -0.05) is 461 Å². The highest BCUT2D eigenvalue weighted by atomic mass is 15.0. The van der Waals surface area contributed by atoms with Gasteiger partial charge in [0.05, 0.1) is 32.9 Å². The summed E-state index contributed by atoms with van der Waals surface area (Å²) >= 11 is 0. The summed E-state index contributed by atoms with van der Waals surface area (Å²) in [5, 5.41) is 5.05. The number of rotatable bonds is 14. The van der Waals surface area contributed by atoms with Gasteiger partial charge in [-0.05, 0) is 262 Å². The summed E-state index contributed by atoms with van der Waals surface area (Å²) in [4.78, 5) is 0. The van der Waals surface area contributed by atoms with Crippen LogP contribution in [0.2, 0.25) is 0 Å². The first kappa shape index (κ1) is 80.1. The monoisotopic (exact) mass is 1750 g/mol. The van der Waals surface area contributed by atoms with Crippen molar-refractivity contribution in [3.63, 3.8) is 0 Å². The van der Waals surface area contributed by atoms with Crippen LogP contribution >= 0.6 is 0 Å². The first-order chi connectivity index (χ1) is 68.5. The van der Waals surface area contributed by atoms with E-state index in [0.29, 0.717) is 0 Å². The van der Waals surface area contributed by atoms with Crippen LogP contribution in [0, 0.1) is 0 Å². The molecule has 2 atom stereocenters. The molecule has 2 nitrogen and oxygen atoms in total. The van der Waals surface area contributed by atoms with Crippen LogP contribution in [0.15, 0.2) is 534 Å². The smallest absolute Gasteiger partial charge is 0.0720 e. The number of aromatic nitrogens is 2. The Kier molecular flexibility index (Phi) is 19.0. The molecule has 0 radical (unpaired) electrons. The van der Waals surface area contributed by atoms with E-state index in [1.54, 1.807) is 0 Å². The molecule has 2 aromatic heterocycles. The number of hydrogen-bond donors (Lipinski definition) is 0. The van der Waals surface area contributed by atoms with Crippen molar-refractivity contribution in [3.05, 3.63) is 612 Å². The van der Waals surface area contributed by atoms with Crippen molar-refractivity contribution in [2.24, 2.45) is 0 Å². The van der Waals surface area contributed by atoms with Crippen LogP contribution in [-0.4, -0.2) is 9.13 Å². The van der Waals surface area contributed by atoms with E-state index in [4.69, 9.17) is 0 Å². The second kappa shape index (κ2) is 32.7. The quantitative estimate of drug-likeness (QED) is 0.103. The van der Waals surface area contributed by atoms with E-state index in [1.807, 2.05) is 0 Å². The molecule has 0 aliphatic heterocycles. The molecule has 24 aromatic rings. The summed E-state index contributed by atoms with van der Waals surface area (Å²) in [7, 11) is 0. The van der Waals surface area contributed by atoms with Crippen molar-refractivity contribution >= 4 is 43.6 Å². The van der Waals surface area contributed by atoms with Crippen LogP contribution in [0.1, 0.15) is 89.7 Å². The average molecular weight is 1750 g/mol. The predicted octanol–water partition coefficient (Wildman–Crippen LogP) is 34.6. The van der Waals surface area contributed by atoms with Crippen LogP contribution in [0.4, 0.5) is 0 Å². The van der Waals surface area contributed by atoms with Crippen LogP contribution in [0.25, 0.3) is 166 Å². The van der Waals surface area contributed by atoms with Gasteiger partial charge in [0.25, 0.3) is 0 Å². The highest BCUT2D eigenvalue weighted by Crippen LogP contribution is 2.63. The average Bonchev–Trinajstić information content (AvgIpc) is 1.51. The zero-order valence-electron chi connectivity index (χ0n) is 75.9. The van der Waals surface area contributed by atoms with E-state index in [2.05, 4.69) is 543 Å². The molecule has 0 saturated carbocycles. The zero-order valence-corrected chi connectivity index (χ0v) is 75.9. The molecule has 0 amide bonds. The van der Waals surface area contributed by atoms with Gasteiger partial charge in [-0.3, -0.25) is 0 Å². The van der Waals surface area contributed by atoms with Crippen molar-refractivity contribution in [3.8, 4) is 123 Å². The van der Waals surface area contributed by atoms with Crippen molar-refractivity contribution < 1.29 is 0 Å². The highest BCUT2D eigenvalue weighted by molar-refractivity contribution is 6.20. The molecular weight excluding hydrogens is 1660 g/mol. The van der Waals surface area contributed by atoms with E-state index in [-0.39, 0.29) is 11.8 Å². The maximum absolute atomic E-state index is 2.51. The van der Waals surface area contributed by atoms with Crippen molar-refractivity contribution in [1.29, 1.82) is 0 Å². The first-order valence-corrected chi connectivity index (χ1v) is 48.2. The van der Waals surface area contributed by atoms with Gasteiger partial charge in [-0.2, -0.15) is 0 Å². The largest absolute Gasteiger partial charge is 0.309 e. The van der Waals surface area contributed by atoms with Crippen LogP contribution < -0.4 is 0 Å². The summed E-state index contributed by atoms with van der Waals surface area (Å²) in [6, 6.07) is 199. The van der Waals surface area contributed by atoms with Crippen LogP contribution in [0.3, 0.4) is 0 Å². The molecule has 0 N–H and O–H groups in total. The Hall–Kier alpha value is -17.6.